The molecule has 40 heavy (non-hydrogen) atoms. The molecule has 0 saturated heterocycles. The van der Waals surface area contributed by atoms with Gasteiger partial charge in [-0.1, -0.05) is 73.1 Å². The van der Waals surface area contributed by atoms with Gasteiger partial charge in [-0.25, -0.2) is 4.99 Å². The summed E-state index contributed by atoms with van der Waals surface area (Å²) in [5.41, 5.74) is 10.9. The van der Waals surface area contributed by atoms with E-state index in [1.807, 2.05) is 78.9 Å². The first-order valence-electron chi connectivity index (χ1n) is 13.6. The molecule has 0 saturated carbocycles. The van der Waals surface area contributed by atoms with Gasteiger partial charge >= 0.3 is 0 Å². The molecule has 0 unspecified atom stereocenters. The van der Waals surface area contributed by atoms with E-state index >= 15 is 0 Å². The molecule has 2 N–H and O–H groups in total. The van der Waals surface area contributed by atoms with Crippen LogP contribution < -0.4 is 10.1 Å². The summed E-state index contributed by atoms with van der Waals surface area (Å²) in [7, 11) is 0. The van der Waals surface area contributed by atoms with Crippen molar-refractivity contribution in [1.29, 1.82) is 0 Å². The minimum Gasteiger partial charge on any atom is -0.494 e. The molecule has 0 aromatic heterocycles. The van der Waals surface area contributed by atoms with Crippen molar-refractivity contribution in [2.24, 2.45) is 10.1 Å². The number of amides is 1. The zero-order chi connectivity index (χ0) is 28.2. The second-order valence-corrected chi connectivity index (χ2v) is 9.64. The van der Waals surface area contributed by atoms with Crippen molar-refractivity contribution in [2.75, 3.05) is 19.8 Å². The second kappa shape index (κ2) is 14.2. The van der Waals surface area contributed by atoms with Crippen LogP contribution in [0.4, 0.5) is 0 Å². The zero-order valence-corrected chi connectivity index (χ0v) is 22.7. The molecule has 9 heteroatoms. The van der Waals surface area contributed by atoms with E-state index in [4.69, 9.17) is 25.1 Å². The van der Waals surface area contributed by atoms with Crippen LogP contribution in [0.15, 0.2) is 89.0 Å². The Hall–Kier alpha value is -4.33. The first kappa shape index (κ1) is 28.7. The first-order valence-corrected chi connectivity index (χ1v) is 13.6. The molecule has 1 amide bonds. The number of nitrogens with zero attached hydrogens (tertiary/aromatic N) is 4. The van der Waals surface area contributed by atoms with Crippen LogP contribution >= 0.6 is 0 Å². The van der Waals surface area contributed by atoms with E-state index in [0.29, 0.717) is 31.2 Å². The Morgan fingerprint density at radius 1 is 1.07 bits per heavy atom. The number of nitrogens with one attached hydrogen (secondary N) is 1. The van der Waals surface area contributed by atoms with E-state index < -0.39 is 11.6 Å². The summed E-state index contributed by atoms with van der Waals surface area (Å²) in [5, 5.41) is 15.9. The highest BCUT2D eigenvalue weighted by atomic mass is 16.5. The predicted molar refractivity (Wildman–Crippen MR) is 154 cm³/mol. The minimum atomic E-state index is -1.30. The minimum absolute atomic E-state index is 0.0675. The number of ether oxygens (including phenoxy) is 2. The number of benzene rings is 3. The molecule has 0 spiro atoms. The van der Waals surface area contributed by atoms with Gasteiger partial charge in [0, 0.05) is 36.5 Å². The van der Waals surface area contributed by atoms with Crippen molar-refractivity contribution in [1.82, 2.24) is 5.32 Å². The molecule has 0 fully saturated rings. The quantitative estimate of drug-likeness (QED) is 0.118. The fourth-order valence-corrected chi connectivity index (χ4v) is 4.72. The number of hydrogen-bond acceptors (Lipinski definition) is 6. The highest BCUT2D eigenvalue weighted by Gasteiger charge is 2.53. The van der Waals surface area contributed by atoms with Gasteiger partial charge in [0.25, 0.3) is 5.91 Å². The van der Waals surface area contributed by atoms with Crippen LogP contribution in [0.5, 0.6) is 5.75 Å². The number of unbranched alkanes of at least 4 members (excludes halogenated alkanes) is 1. The summed E-state index contributed by atoms with van der Waals surface area (Å²) in [5.74, 6) is 0.826. The van der Waals surface area contributed by atoms with E-state index in [1.54, 1.807) is 0 Å². The van der Waals surface area contributed by atoms with Crippen molar-refractivity contribution < 1.29 is 19.4 Å². The fraction of sp³-hybridized carbons (Fsp3) is 0.355. The average molecular weight is 542 g/mol. The Bertz CT molecular complexity index is 1340. The van der Waals surface area contributed by atoms with Crippen LogP contribution in [0.2, 0.25) is 0 Å². The summed E-state index contributed by atoms with van der Waals surface area (Å²) in [6.07, 6.45) is 1.92. The first-order chi connectivity index (χ1) is 19.6. The molecule has 0 radical (unpaired) electrons. The third kappa shape index (κ3) is 6.81. The third-order valence-electron chi connectivity index (χ3n) is 6.83. The predicted octanol–water partition coefficient (Wildman–Crippen LogP) is 5.67. The lowest BCUT2D eigenvalue weighted by atomic mass is 9.81. The molecule has 3 aromatic carbocycles. The summed E-state index contributed by atoms with van der Waals surface area (Å²) in [6.45, 7) is 3.26. The van der Waals surface area contributed by atoms with Gasteiger partial charge in [0.15, 0.2) is 11.6 Å². The smallest absolute Gasteiger partial charge is 0.252 e. The van der Waals surface area contributed by atoms with Crippen molar-refractivity contribution in [3.63, 3.8) is 0 Å². The van der Waals surface area contributed by atoms with Crippen LogP contribution in [0.25, 0.3) is 10.4 Å². The molecule has 0 aliphatic carbocycles. The molecular weight excluding hydrogens is 506 g/mol. The molecular formula is C31H35N5O4. The topological polar surface area (TPSA) is 129 Å². The van der Waals surface area contributed by atoms with Gasteiger partial charge in [-0.05, 0) is 52.9 Å². The maximum Gasteiger partial charge on any atom is 0.252 e. The Morgan fingerprint density at radius 2 is 1.80 bits per heavy atom. The Balaban J connectivity index is 1.78. The van der Waals surface area contributed by atoms with Crippen molar-refractivity contribution in [3.05, 3.63) is 112 Å². The third-order valence-corrected chi connectivity index (χ3v) is 6.83. The van der Waals surface area contributed by atoms with Gasteiger partial charge in [0.1, 0.15) is 5.75 Å². The lowest BCUT2D eigenvalue weighted by molar-refractivity contribution is -0.128. The summed E-state index contributed by atoms with van der Waals surface area (Å²) in [6, 6.07) is 24.7. The highest BCUT2D eigenvalue weighted by Crippen LogP contribution is 2.43. The van der Waals surface area contributed by atoms with Crippen molar-refractivity contribution >= 4 is 11.8 Å². The molecule has 0 bridgehead atoms. The normalized spacial score (nSPS) is 17.9. The maximum absolute atomic E-state index is 14.1. The standard InChI is InChI=1S/C31H35N5O4/c1-2-3-18-33-30(38)31(21-25-12-7-8-13-26(25)22-34-36-32)28(23-10-5-4-6-11-23)40-29(35-31)24-14-16-27(17-15-24)39-20-9-19-37/h4-8,10-17,28,37H,2-3,9,18-22H2,1H3,(H,33,38)/t28-,31-/m1/s1. The number of aliphatic hydroxyl groups excluding tert-OH is 1. The number of rotatable bonds is 14. The largest absolute Gasteiger partial charge is 0.494 e. The molecule has 1 heterocycles. The van der Waals surface area contributed by atoms with Gasteiger partial charge < -0.3 is 19.9 Å². The Labute approximate surface area is 234 Å². The number of aliphatic hydroxyl groups is 1. The van der Waals surface area contributed by atoms with Gasteiger partial charge in [-0.2, -0.15) is 0 Å². The van der Waals surface area contributed by atoms with E-state index in [2.05, 4.69) is 22.3 Å². The highest BCUT2D eigenvalue weighted by molar-refractivity contribution is 6.01. The van der Waals surface area contributed by atoms with E-state index in [-0.39, 0.29) is 25.5 Å². The number of hydrogen-bond donors (Lipinski definition) is 2. The van der Waals surface area contributed by atoms with E-state index in [0.717, 1.165) is 35.1 Å². The van der Waals surface area contributed by atoms with Gasteiger partial charge in [0.2, 0.25) is 5.90 Å². The van der Waals surface area contributed by atoms with Gasteiger partial charge in [0.05, 0.1) is 13.2 Å². The number of aliphatic imine (C=N–C) groups is 1. The zero-order valence-electron chi connectivity index (χ0n) is 22.7. The molecule has 4 rings (SSSR count). The molecule has 2 atom stereocenters. The SMILES string of the molecule is CCCCNC(=O)[C@]1(Cc2ccccc2CN=[N+]=[N-])N=C(c2ccc(OCCCO)cc2)O[C@@H]1c1ccccc1. The monoisotopic (exact) mass is 541 g/mol. The van der Waals surface area contributed by atoms with Gasteiger partial charge in [-0.3, -0.25) is 4.79 Å². The van der Waals surface area contributed by atoms with Crippen LogP contribution in [0.1, 0.15) is 54.5 Å². The summed E-state index contributed by atoms with van der Waals surface area (Å²) >= 11 is 0. The second-order valence-electron chi connectivity index (χ2n) is 9.64. The Morgan fingerprint density at radius 3 is 2.50 bits per heavy atom. The van der Waals surface area contributed by atoms with Crippen molar-refractivity contribution in [2.45, 2.75) is 50.8 Å². The average Bonchev–Trinajstić information content (AvgIpc) is 3.38. The summed E-state index contributed by atoms with van der Waals surface area (Å²) in [4.78, 5) is 22.1. The van der Waals surface area contributed by atoms with Crippen LogP contribution in [0.3, 0.4) is 0 Å². The lowest BCUT2D eigenvalue weighted by Crippen LogP contribution is -2.50. The number of carbonyl (C=O) groups is 1. The molecule has 1 aliphatic rings. The molecule has 3 aromatic rings. The van der Waals surface area contributed by atoms with Gasteiger partial charge in [-0.15, -0.1) is 0 Å². The van der Waals surface area contributed by atoms with Crippen LogP contribution in [-0.4, -0.2) is 42.2 Å². The van der Waals surface area contributed by atoms with Crippen LogP contribution in [-0.2, 0) is 22.5 Å². The lowest BCUT2D eigenvalue weighted by Gasteiger charge is -2.31. The van der Waals surface area contributed by atoms with Crippen molar-refractivity contribution in [3.8, 4) is 5.75 Å². The van der Waals surface area contributed by atoms with Crippen LogP contribution in [0, 0.1) is 0 Å². The van der Waals surface area contributed by atoms with E-state index in [1.165, 1.54) is 0 Å². The number of carbonyl (C=O) groups excluding carboxylic acids is 1. The maximum atomic E-state index is 14.1. The molecule has 9 nitrogen and oxygen atoms in total. The summed E-state index contributed by atoms with van der Waals surface area (Å²) < 4.78 is 12.2. The molecule has 1 aliphatic heterocycles. The Kier molecular flexibility index (Phi) is 10.2. The van der Waals surface area contributed by atoms with E-state index in [9.17, 15) is 4.79 Å². The fourth-order valence-electron chi connectivity index (χ4n) is 4.72. The molecule has 208 valence electrons. The number of azide groups is 1.